The third kappa shape index (κ3) is 5.79. The molecule has 0 radical (unpaired) electrons. The van der Waals surface area contributed by atoms with Crippen LogP contribution in [-0.4, -0.2) is 40.6 Å². The van der Waals surface area contributed by atoms with Crippen molar-refractivity contribution in [2.24, 2.45) is 0 Å². The minimum atomic E-state index is 0. The number of benzene rings is 1. The average Bonchev–Trinajstić information content (AvgIpc) is 3.15. The molecular formula is C21H31ClN4O2. The Balaban J connectivity index is 0.00000280. The molecule has 1 aliphatic heterocycles. The summed E-state index contributed by atoms with van der Waals surface area (Å²) in [7, 11) is 0. The molecule has 0 bridgehead atoms. The summed E-state index contributed by atoms with van der Waals surface area (Å²) in [6.07, 6.45) is 4.77. The Bertz CT molecular complexity index is 732. The first-order valence-corrected chi connectivity index (χ1v) is 10.1. The summed E-state index contributed by atoms with van der Waals surface area (Å²) in [5, 5.41) is 7.39. The molecule has 1 N–H and O–H groups in total. The highest BCUT2D eigenvalue weighted by atomic mass is 35.5. The highest BCUT2D eigenvalue weighted by molar-refractivity contribution is 5.85. The number of aryl methyl sites for hydroxylation is 3. The molecule has 2 aromatic rings. The number of hydrogen-bond donors (Lipinski definition) is 1. The third-order valence-electron chi connectivity index (χ3n) is 5.10. The predicted octanol–water partition coefficient (Wildman–Crippen LogP) is 3.50. The Morgan fingerprint density at radius 3 is 2.75 bits per heavy atom. The molecule has 1 aromatic carbocycles. The number of carbonyl (C=O) groups is 1. The first-order chi connectivity index (χ1) is 13.2. The van der Waals surface area contributed by atoms with Crippen molar-refractivity contribution >= 4 is 18.3 Å². The van der Waals surface area contributed by atoms with Gasteiger partial charge in [0.25, 0.3) is 0 Å². The molecule has 1 fully saturated rings. The minimum Gasteiger partial charge on any atom is -0.339 e. The van der Waals surface area contributed by atoms with Gasteiger partial charge in [-0.3, -0.25) is 4.79 Å². The van der Waals surface area contributed by atoms with Crippen LogP contribution < -0.4 is 5.32 Å². The number of hydrogen-bond acceptors (Lipinski definition) is 5. The van der Waals surface area contributed by atoms with Crippen molar-refractivity contribution in [3.8, 4) is 0 Å². The second-order valence-electron chi connectivity index (χ2n) is 7.11. The lowest BCUT2D eigenvalue weighted by molar-refractivity contribution is -0.134. The minimum absolute atomic E-state index is 0. The van der Waals surface area contributed by atoms with Gasteiger partial charge in [-0.15, -0.1) is 12.4 Å². The van der Waals surface area contributed by atoms with Gasteiger partial charge in [0.1, 0.15) is 0 Å². The van der Waals surface area contributed by atoms with Gasteiger partial charge in [0.15, 0.2) is 5.82 Å². The van der Waals surface area contributed by atoms with Crippen LogP contribution in [0.15, 0.2) is 28.8 Å². The number of aromatic nitrogens is 2. The second-order valence-corrected chi connectivity index (χ2v) is 7.11. The molecule has 6 nitrogen and oxygen atoms in total. The molecule has 1 aromatic heterocycles. The maximum absolute atomic E-state index is 12.8. The van der Waals surface area contributed by atoms with Crippen molar-refractivity contribution in [2.45, 2.75) is 58.4 Å². The molecule has 1 saturated heterocycles. The van der Waals surface area contributed by atoms with Crippen LogP contribution in [0.4, 0.5) is 0 Å². The normalized spacial score (nSPS) is 16.6. The summed E-state index contributed by atoms with van der Waals surface area (Å²) in [5.41, 5.74) is 2.52. The predicted molar refractivity (Wildman–Crippen MR) is 112 cm³/mol. The van der Waals surface area contributed by atoms with E-state index in [0.29, 0.717) is 18.7 Å². The Hall–Kier alpha value is -1.92. The van der Waals surface area contributed by atoms with Crippen LogP contribution in [0, 0.1) is 0 Å². The Labute approximate surface area is 173 Å². The Morgan fingerprint density at radius 2 is 2.04 bits per heavy atom. The highest BCUT2D eigenvalue weighted by Crippen LogP contribution is 2.24. The van der Waals surface area contributed by atoms with E-state index in [9.17, 15) is 4.79 Å². The quantitative estimate of drug-likeness (QED) is 0.726. The van der Waals surface area contributed by atoms with Crippen molar-refractivity contribution in [2.75, 3.05) is 19.6 Å². The molecule has 154 valence electrons. The van der Waals surface area contributed by atoms with Gasteiger partial charge in [-0.05, 0) is 30.4 Å². The Kier molecular flexibility index (Phi) is 8.93. The fraction of sp³-hybridized carbons (Fsp3) is 0.571. The maximum Gasteiger partial charge on any atom is 0.226 e. The molecule has 3 rings (SSSR count). The van der Waals surface area contributed by atoms with Crippen LogP contribution in [0.1, 0.15) is 62.0 Å². The monoisotopic (exact) mass is 406 g/mol. The van der Waals surface area contributed by atoms with Crippen molar-refractivity contribution in [1.82, 2.24) is 20.4 Å². The highest BCUT2D eigenvalue weighted by Gasteiger charge is 2.27. The van der Waals surface area contributed by atoms with Crippen molar-refractivity contribution < 1.29 is 9.32 Å². The first kappa shape index (κ1) is 22.4. The van der Waals surface area contributed by atoms with Gasteiger partial charge in [-0.25, -0.2) is 0 Å². The van der Waals surface area contributed by atoms with Crippen molar-refractivity contribution in [1.29, 1.82) is 0 Å². The zero-order valence-electron chi connectivity index (χ0n) is 16.8. The number of amides is 1. The van der Waals surface area contributed by atoms with Crippen molar-refractivity contribution in [3.63, 3.8) is 0 Å². The van der Waals surface area contributed by atoms with Crippen LogP contribution in [0.2, 0.25) is 0 Å². The van der Waals surface area contributed by atoms with E-state index in [4.69, 9.17) is 4.52 Å². The number of nitrogens with zero attached hydrogens (tertiary/aromatic N) is 3. The molecule has 1 atom stereocenters. The molecule has 1 amide bonds. The van der Waals surface area contributed by atoms with Crippen LogP contribution in [-0.2, 0) is 24.1 Å². The lowest BCUT2D eigenvalue weighted by atomic mass is 10.0. The fourth-order valence-electron chi connectivity index (χ4n) is 3.53. The molecule has 0 saturated carbocycles. The average molecular weight is 407 g/mol. The number of rotatable bonds is 8. The third-order valence-corrected chi connectivity index (χ3v) is 5.10. The van der Waals surface area contributed by atoms with E-state index in [1.165, 1.54) is 11.1 Å². The van der Waals surface area contributed by atoms with E-state index in [-0.39, 0.29) is 24.4 Å². The summed E-state index contributed by atoms with van der Waals surface area (Å²) in [6, 6.07) is 8.75. The van der Waals surface area contributed by atoms with Gasteiger partial charge in [0.05, 0.1) is 6.04 Å². The van der Waals surface area contributed by atoms with Crippen LogP contribution >= 0.6 is 12.4 Å². The van der Waals surface area contributed by atoms with E-state index in [0.717, 1.165) is 51.1 Å². The summed E-state index contributed by atoms with van der Waals surface area (Å²) in [6.45, 7) is 6.65. The van der Waals surface area contributed by atoms with Crippen LogP contribution in [0.25, 0.3) is 0 Å². The van der Waals surface area contributed by atoms with E-state index < -0.39 is 0 Å². The largest absolute Gasteiger partial charge is 0.339 e. The van der Waals surface area contributed by atoms with E-state index >= 15 is 0 Å². The SMILES string of the molecule is CCCc1noc(CCCC(=O)N2CCNCC2c2ccc(CC)cc2)n1.Cl. The number of halogens is 1. The van der Waals surface area contributed by atoms with Crippen LogP contribution in [0.3, 0.4) is 0 Å². The van der Waals surface area contributed by atoms with E-state index in [2.05, 4.69) is 53.6 Å². The van der Waals surface area contributed by atoms with Gasteiger partial charge in [-0.1, -0.05) is 43.3 Å². The van der Waals surface area contributed by atoms with Gasteiger partial charge in [0, 0.05) is 38.9 Å². The van der Waals surface area contributed by atoms with Crippen LogP contribution in [0.5, 0.6) is 0 Å². The first-order valence-electron chi connectivity index (χ1n) is 10.1. The molecule has 0 spiro atoms. The lowest BCUT2D eigenvalue weighted by Crippen LogP contribution is -2.48. The summed E-state index contributed by atoms with van der Waals surface area (Å²) >= 11 is 0. The second kappa shape index (κ2) is 11.2. The topological polar surface area (TPSA) is 71.3 Å². The zero-order chi connectivity index (χ0) is 19.1. The smallest absolute Gasteiger partial charge is 0.226 e. The maximum atomic E-state index is 12.8. The zero-order valence-corrected chi connectivity index (χ0v) is 17.6. The Morgan fingerprint density at radius 1 is 1.25 bits per heavy atom. The van der Waals surface area contributed by atoms with Gasteiger partial charge in [0.2, 0.25) is 11.8 Å². The number of carbonyl (C=O) groups excluding carboxylic acids is 1. The molecular weight excluding hydrogens is 376 g/mol. The summed E-state index contributed by atoms with van der Waals surface area (Å²) < 4.78 is 5.26. The standard InChI is InChI=1S/C21H30N4O2.ClH/c1-3-6-19-23-20(27-24-19)7-5-8-21(26)25-14-13-22-15-18(25)17-11-9-16(4-2)10-12-17;/h9-12,18,22H,3-8,13-15H2,1-2H3;1H. The molecule has 1 aliphatic rings. The van der Waals surface area contributed by atoms with Crippen molar-refractivity contribution in [3.05, 3.63) is 47.1 Å². The van der Waals surface area contributed by atoms with Gasteiger partial charge in [-0.2, -0.15) is 4.98 Å². The van der Waals surface area contributed by atoms with Gasteiger partial charge >= 0.3 is 0 Å². The van der Waals surface area contributed by atoms with E-state index in [1.807, 2.05) is 4.90 Å². The molecule has 2 heterocycles. The summed E-state index contributed by atoms with van der Waals surface area (Å²) in [5.74, 6) is 1.60. The molecule has 7 heteroatoms. The fourth-order valence-corrected chi connectivity index (χ4v) is 3.53. The number of piperazine rings is 1. The van der Waals surface area contributed by atoms with E-state index in [1.54, 1.807) is 0 Å². The van der Waals surface area contributed by atoms with Gasteiger partial charge < -0.3 is 14.7 Å². The summed E-state index contributed by atoms with van der Waals surface area (Å²) in [4.78, 5) is 19.2. The molecule has 28 heavy (non-hydrogen) atoms. The number of nitrogens with one attached hydrogen (secondary N) is 1. The molecule has 1 unspecified atom stereocenters. The lowest BCUT2D eigenvalue weighted by Gasteiger charge is -2.36. The molecule has 0 aliphatic carbocycles.